The SMILES string of the molecule is CNC1CCN(C(=O)N2CCN(Cc3cc(C#N)c(SC)[nH]c3=O)C3(CCCC3)C2)[C@H](c2cc(F)ccc2F)C1. The van der Waals surface area contributed by atoms with Crippen LogP contribution in [0.2, 0.25) is 0 Å². The number of rotatable bonds is 5. The molecule has 2 saturated heterocycles. The molecule has 2 aromatic rings. The molecular formula is C29H36F2N6O2S. The number of piperazine rings is 1. The van der Waals surface area contributed by atoms with E-state index < -0.39 is 17.7 Å². The molecule has 40 heavy (non-hydrogen) atoms. The van der Waals surface area contributed by atoms with Crippen molar-refractivity contribution >= 4 is 17.8 Å². The third-order valence-corrected chi connectivity index (χ3v) is 9.67. The summed E-state index contributed by atoms with van der Waals surface area (Å²) in [5.74, 6) is -1.03. The summed E-state index contributed by atoms with van der Waals surface area (Å²) in [4.78, 5) is 35.6. The highest BCUT2D eigenvalue weighted by Crippen LogP contribution is 2.40. The Balaban J connectivity index is 1.39. The molecule has 8 nitrogen and oxygen atoms in total. The molecule has 1 unspecified atom stereocenters. The molecule has 1 aromatic carbocycles. The maximum Gasteiger partial charge on any atom is 0.320 e. The Morgan fingerprint density at radius 1 is 1.23 bits per heavy atom. The summed E-state index contributed by atoms with van der Waals surface area (Å²) in [5.41, 5.74) is 0.757. The monoisotopic (exact) mass is 570 g/mol. The number of carbonyl (C=O) groups is 1. The Hall–Kier alpha value is -2.94. The van der Waals surface area contributed by atoms with E-state index in [-0.39, 0.29) is 28.7 Å². The third kappa shape index (κ3) is 5.49. The molecule has 1 aliphatic carbocycles. The number of halogens is 2. The number of nitrogens with one attached hydrogen (secondary N) is 2. The van der Waals surface area contributed by atoms with Gasteiger partial charge >= 0.3 is 6.03 Å². The zero-order valence-corrected chi connectivity index (χ0v) is 23.8. The van der Waals surface area contributed by atoms with Gasteiger partial charge < -0.3 is 20.1 Å². The first-order chi connectivity index (χ1) is 19.3. The molecule has 1 aromatic heterocycles. The molecule has 1 spiro atoms. The van der Waals surface area contributed by atoms with Crippen molar-refractivity contribution in [2.45, 2.75) is 67.7 Å². The molecule has 11 heteroatoms. The third-order valence-electron chi connectivity index (χ3n) is 8.94. The van der Waals surface area contributed by atoms with E-state index >= 15 is 0 Å². The Kier molecular flexibility index (Phi) is 8.50. The summed E-state index contributed by atoms with van der Waals surface area (Å²) < 4.78 is 29.1. The predicted octanol–water partition coefficient (Wildman–Crippen LogP) is 4.22. The fourth-order valence-corrected chi connectivity index (χ4v) is 7.28. The highest BCUT2D eigenvalue weighted by atomic mass is 32.2. The van der Waals surface area contributed by atoms with Gasteiger partial charge in [0.05, 0.1) is 16.6 Å². The van der Waals surface area contributed by atoms with Crippen molar-refractivity contribution in [3.63, 3.8) is 0 Å². The van der Waals surface area contributed by atoms with Crippen LogP contribution in [0.3, 0.4) is 0 Å². The molecule has 0 bridgehead atoms. The first-order valence-corrected chi connectivity index (χ1v) is 15.1. The average Bonchev–Trinajstić information content (AvgIpc) is 3.44. The second kappa shape index (κ2) is 11.9. The van der Waals surface area contributed by atoms with Crippen LogP contribution in [0.5, 0.6) is 0 Å². The second-order valence-corrected chi connectivity index (χ2v) is 11.9. The van der Waals surface area contributed by atoms with E-state index in [9.17, 15) is 23.6 Å². The molecule has 2 N–H and O–H groups in total. The van der Waals surface area contributed by atoms with Gasteiger partial charge in [-0.3, -0.25) is 9.69 Å². The molecule has 3 aliphatic rings. The number of aromatic nitrogens is 1. The van der Waals surface area contributed by atoms with Crippen LogP contribution >= 0.6 is 11.8 Å². The van der Waals surface area contributed by atoms with Crippen molar-refractivity contribution < 1.29 is 13.6 Å². The molecule has 3 heterocycles. The number of benzene rings is 1. The average molecular weight is 571 g/mol. The van der Waals surface area contributed by atoms with E-state index in [2.05, 4.69) is 21.3 Å². The molecule has 2 amide bonds. The van der Waals surface area contributed by atoms with Crippen LogP contribution in [-0.2, 0) is 6.54 Å². The Labute approximate surface area is 237 Å². The van der Waals surface area contributed by atoms with Crippen molar-refractivity contribution in [1.29, 1.82) is 5.26 Å². The molecule has 1 saturated carbocycles. The molecule has 2 atom stereocenters. The largest absolute Gasteiger partial charge is 0.321 e. The second-order valence-electron chi connectivity index (χ2n) is 11.1. The fraction of sp³-hybridized carbons (Fsp3) is 0.552. The number of H-pyrrole nitrogens is 1. The summed E-state index contributed by atoms with van der Waals surface area (Å²) in [6.07, 6.45) is 6.95. The molecule has 2 aliphatic heterocycles. The number of likely N-dealkylation sites (tertiary alicyclic amines) is 1. The van der Waals surface area contributed by atoms with E-state index in [1.54, 1.807) is 11.0 Å². The number of piperidine rings is 1. The summed E-state index contributed by atoms with van der Waals surface area (Å²) in [6.45, 7) is 2.43. The lowest BCUT2D eigenvalue weighted by Crippen LogP contribution is -2.64. The summed E-state index contributed by atoms with van der Waals surface area (Å²) >= 11 is 1.34. The van der Waals surface area contributed by atoms with E-state index in [1.165, 1.54) is 17.8 Å². The van der Waals surface area contributed by atoms with Gasteiger partial charge in [-0.25, -0.2) is 13.6 Å². The van der Waals surface area contributed by atoms with Gasteiger partial charge in [-0.2, -0.15) is 5.26 Å². The zero-order valence-electron chi connectivity index (χ0n) is 23.0. The van der Waals surface area contributed by atoms with E-state index in [0.717, 1.165) is 44.2 Å². The number of aromatic amines is 1. The number of thioether (sulfide) groups is 1. The van der Waals surface area contributed by atoms with Crippen LogP contribution in [0.1, 0.15) is 61.3 Å². The van der Waals surface area contributed by atoms with Crippen molar-refractivity contribution in [3.8, 4) is 6.07 Å². The number of nitrogens with zero attached hydrogens (tertiary/aromatic N) is 4. The Bertz CT molecular complexity index is 1360. The van der Waals surface area contributed by atoms with Gasteiger partial charge in [0.25, 0.3) is 5.56 Å². The smallest absolute Gasteiger partial charge is 0.320 e. The van der Waals surface area contributed by atoms with Gasteiger partial charge in [-0.1, -0.05) is 12.8 Å². The molecule has 5 rings (SSSR count). The molecule has 214 valence electrons. The minimum absolute atomic E-state index is 0.101. The lowest BCUT2D eigenvalue weighted by atomic mass is 9.90. The summed E-state index contributed by atoms with van der Waals surface area (Å²) in [5, 5.41) is 13.4. The lowest BCUT2D eigenvalue weighted by Gasteiger charge is -2.51. The van der Waals surface area contributed by atoms with Crippen molar-refractivity contribution in [2.24, 2.45) is 0 Å². The number of amides is 2. The summed E-state index contributed by atoms with van der Waals surface area (Å²) in [7, 11) is 1.85. The highest BCUT2D eigenvalue weighted by Gasteiger charge is 2.46. The fourth-order valence-electron chi connectivity index (χ4n) is 6.76. The molecule has 0 radical (unpaired) electrons. The van der Waals surface area contributed by atoms with Crippen molar-refractivity contribution in [2.75, 3.05) is 39.5 Å². The maximum absolute atomic E-state index is 14.9. The van der Waals surface area contributed by atoms with Crippen LogP contribution in [-0.4, -0.2) is 76.8 Å². The number of pyridine rings is 1. The first-order valence-electron chi connectivity index (χ1n) is 13.9. The Morgan fingerprint density at radius 3 is 2.70 bits per heavy atom. The Morgan fingerprint density at radius 2 is 2.00 bits per heavy atom. The molecular weight excluding hydrogens is 534 g/mol. The van der Waals surface area contributed by atoms with Crippen LogP contribution in [0.25, 0.3) is 0 Å². The maximum atomic E-state index is 14.9. The minimum atomic E-state index is -0.565. The topological polar surface area (TPSA) is 95.5 Å². The van der Waals surface area contributed by atoms with Crippen molar-refractivity contribution in [1.82, 2.24) is 25.0 Å². The highest BCUT2D eigenvalue weighted by molar-refractivity contribution is 7.98. The van der Waals surface area contributed by atoms with Gasteiger partial charge in [0.15, 0.2) is 0 Å². The minimum Gasteiger partial charge on any atom is -0.321 e. The number of urea groups is 1. The van der Waals surface area contributed by atoms with Gasteiger partial charge in [-0.15, -0.1) is 11.8 Å². The standard InChI is InChI=1S/C29H36F2N6O2S/c1-33-22-7-10-37(25(15-22)23-14-21(30)5-6-24(23)31)28(39)35-11-12-36(29(18-35)8-3-4-9-29)17-20-13-19(16-32)27(40-2)34-26(20)38/h5-6,13-14,22,25,33H,3-4,7-12,15,17-18H2,1-2H3,(H,34,38)/t22?,25-/m0/s1. The summed E-state index contributed by atoms with van der Waals surface area (Å²) in [6, 6.07) is 6.70. The van der Waals surface area contributed by atoms with Gasteiger partial charge in [0.1, 0.15) is 17.7 Å². The van der Waals surface area contributed by atoms with Crippen LogP contribution in [0.15, 0.2) is 34.1 Å². The molecule has 3 fully saturated rings. The number of hydrogen-bond acceptors (Lipinski definition) is 6. The van der Waals surface area contributed by atoms with Crippen LogP contribution < -0.4 is 10.9 Å². The normalized spacial score (nSPS) is 23.0. The number of hydrogen-bond donors (Lipinski definition) is 2. The van der Waals surface area contributed by atoms with Gasteiger partial charge in [0.2, 0.25) is 0 Å². The quantitative estimate of drug-likeness (QED) is 0.523. The first kappa shape index (κ1) is 28.6. The van der Waals surface area contributed by atoms with E-state index in [4.69, 9.17) is 0 Å². The predicted molar refractivity (Wildman–Crippen MR) is 150 cm³/mol. The van der Waals surface area contributed by atoms with E-state index in [0.29, 0.717) is 55.3 Å². The number of carbonyl (C=O) groups excluding carboxylic acids is 1. The lowest BCUT2D eigenvalue weighted by molar-refractivity contribution is -0.00241. The van der Waals surface area contributed by atoms with Gasteiger partial charge in [0, 0.05) is 55.4 Å². The number of nitriles is 1. The van der Waals surface area contributed by atoms with Crippen molar-refractivity contribution in [3.05, 3.63) is 62.9 Å². The van der Waals surface area contributed by atoms with E-state index in [1.807, 2.05) is 18.2 Å². The van der Waals surface area contributed by atoms with Crippen LogP contribution in [0, 0.1) is 23.0 Å². The van der Waals surface area contributed by atoms with Crippen LogP contribution in [0.4, 0.5) is 13.6 Å². The van der Waals surface area contributed by atoms with Gasteiger partial charge in [-0.05, 0) is 63.3 Å². The zero-order chi connectivity index (χ0) is 28.4.